The number of benzene rings is 1. The van der Waals surface area contributed by atoms with Crippen LogP contribution in [0.5, 0.6) is 0 Å². The van der Waals surface area contributed by atoms with E-state index >= 15 is 0 Å². The second kappa shape index (κ2) is 7.03. The van der Waals surface area contributed by atoms with E-state index < -0.39 is 23.5 Å². The van der Waals surface area contributed by atoms with E-state index in [1.54, 1.807) is 20.8 Å². The van der Waals surface area contributed by atoms with E-state index in [2.05, 4.69) is 0 Å². The zero-order valence-corrected chi connectivity index (χ0v) is 14.2. The third kappa shape index (κ3) is 4.57. The molecule has 6 nitrogen and oxygen atoms in total. The highest BCUT2D eigenvalue weighted by Gasteiger charge is 2.34. The van der Waals surface area contributed by atoms with Gasteiger partial charge in [0, 0.05) is 6.54 Å². The summed E-state index contributed by atoms with van der Waals surface area (Å²) in [5, 5.41) is 9.03. The number of nitrogens with zero attached hydrogens (tertiary/aromatic N) is 1. The molecule has 1 aliphatic heterocycles. The summed E-state index contributed by atoms with van der Waals surface area (Å²) in [4.78, 5) is 37.3. The topological polar surface area (TPSA) is 83.9 Å². The Kier molecular flexibility index (Phi) is 5.26. The van der Waals surface area contributed by atoms with E-state index in [1.807, 2.05) is 24.3 Å². The lowest BCUT2D eigenvalue weighted by molar-refractivity contribution is -0.157. The zero-order chi connectivity index (χ0) is 17.9. The van der Waals surface area contributed by atoms with Crippen LogP contribution in [0.3, 0.4) is 0 Å². The fourth-order valence-corrected chi connectivity index (χ4v) is 2.89. The Balaban J connectivity index is 2.30. The molecule has 0 saturated carbocycles. The summed E-state index contributed by atoms with van der Waals surface area (Å²) in [5.74, 6) is -2.58. The van der Waals surface area contributed by atoms with Crippen LogP contribution in [-0.4, -0.2) is 46.5 Å². The minimum atomic E-state index is -1.06. The van der Waals surface area contributed by atoms with Gasteiger partial charge in [0.2, 0.25) is 5.91 Å². The highest BCUT2D eigenvalue weighted by Crippen LogP contribution is 2.30. The second-order valence-electron chi connectivity index (χ2n) is 6.95. The van der Waals surface area contributed by atoms with E-state index in [0.717, 1.165) is 11.1 Å². The first-order chi connectivity index (χ1) is 11.2. The molecule has 1 aromatic rings. The molecule has 130 valence electrons. The van der Waals surface area contributed by atoms with Gasteiger partial charge in [-0.1, -0.05) is 24.3 Å². The molecule has 1 atom stereocenters. The van der Waals surface area contributed by atoms with Gasteiger partial charge < -0.3 is 14.7 Å². The second-order valence-corrected chi connectivity index (χ2v) is 6.95. The average Bonchev–Trinajstić information content (AvgIpc) is 2.57. The van der Waals surface area contributed by atoms with Crippen LogP contribution in [0.2, 0.25) is 0 Å². The van der Waals surface area contributed by atoms with E-state index in [1.165, 1.54) is 4.90 Å². The van der Waals surface area contributed by atoms with Crippen molar-refractivity contribution >= 4 is 17.8 Å². The van der Waals surface area contributed by atoms with Crippen molar-refractivity contribution in [1.29, 1.82) is 0 Å². The maximum atomic E-state index is 12.8. The third-order valence-electron chi connectivity index (χ3n) is 3.81. The van der Waals surface area contributed by atoms with Gasteiger partial charge in [0.1, 0.15) is 12.1 Å². The highest BCUT2D eigenvalue weighted by molar-refractivity contribution is 5.91. The van der Waals surface area contributed by atoms with Gasteiger partial charge in [-0.05, 0) is 38.3 Å². The standard InChI is InChI=1S/C18H23NO5/c1-18(2,3)24-16(22)10-14-13-7-5-4-6-12(13)8-9-19(17(14)23)11-15(20)21/h4-7,14H,8-11H2,1-3H3,(H,20,21). The number of fused-ring (bicyclic) bond motifs is 1. The summed E-state index contributed by atoms with van der Waals surface area (Å²) in [6, 6.07) is 7.43. The van der Waals surface area contributed by atoms with Crippen LogP contribution in [0.25, 0.3) is 0 Å². The van der Waals surface area contributed by atoms with Crippen molar-refractivity contribution in [3.05, 3.63) is 35.4 Å². The molecule has 1 amide bonds. The molecule has 24 heavy (non-hydrogen) atoms. The summed E-state index contributed by atoms with van der Waals surface area (Å²) in [6.45, 7) is 5.27. The first-order valence-electron chi connectivity index (χ1n) is 7.97. The number of esters is 1. The summed E-state index contributed by atoms with van der Waals surface area (Å²) >= 11 is 0. The summed E-state index contributed by atoms with van der Waals surface area (Å²) in [5.41, 5.74) is 1.11. The summed E-state index contributed by atoms with van der Waals surface area (Å²) in [6.07, 6.45) is 0.475. The van der Waals surface area contributed by atoms with Gasteiger partial charge in [-0.2, -0.15) is 0 Å². The van der Waals surface area contributed by atoms with Gasteiger partial charge in [-0.15, -0.1) is 0 Å². The number of aliphatic carboxylic acids is 1. The van der Waals surface area contributed by atoms with Gasteiger partial charge in [-0.25, -0.2) is 0 Å². The molecule has 2 rings (SSSR count). The lowest BCUT2D eigenvalue weighted by atomic mass is 9.90. The first-order valence-corrected chi connectivity index (χ1v) is 7.97. The Labute approximate surface area is 141 Å². The molecule has 0 radical (unpaired) electrons. The van der Waals surface area contributed by atoms with Crippen molar-refractivity contribution in [3.8, 4) is 0 Å². The van der Waals surface area contributed by atoms with E-state index in [-0.39, 0.29) is 18.9 Å². The molecule has 1 N–H and O–H groups in total. The smallest absolute Gasteiger partial charge is 0.323 e. The van der Waals surface area contributed by atoms with Gasteiger partial charge >= 0.3 is 11.9 Å². The molecule has 0 aliphatic carbocycles. The minimum Gasteiger partial charge on any atom is -0.480 e. The van der Waals surface area contributed by atoms with E-state index in [4.69, 9.17) is 9.84 Å². The molecular formula is C18H23NO5. The fourth-order valence-electron chi connectivity index (χ4n) is 2.89. The largest absolute Gasteiger partial charge is 0.480 e. The van der Waals surface area contributed by atoms with Crippen molar-refractivity contribution in [3.63, 3.8) is 0 Å². The maximum absolute atomic E-state index is 12.8. The van der Waals surface area contributed by atoms with Crippen molar-refractivity contribution in [2.45, 2.75) is 45.1 Å². The number of carbonyl (C=O) groups is 3. The van der Waals surface area contributed by atoms with Crippen molar-refractivity contribution in [2.24, 2.45) is 0 Å². The SMILES string of the molecule is CC(C)(C)OC(=O)CC1C(=O)N(CC(=O)O)CCc2ccccc21. The van der Waals surface area contributed by atoms with Crippen LogP contribution < -0.4 is 0 Å². The lowest BCUT2D eigenvalue weighted by Gasteiger charge is -2.25. The van der Waals surface area contributed by atoms with Gasteiger partial charge in [-0.3, -0.25) is 14.4 Å². The molecule has 1 unspecified atom stereocenters. The van der Waals surface area contributed by atoms with Crippen LogP contribution in [0, 0.1) is 0 Å². The number of ether oxygens (including phenoxy) is 1. The number of carbonyl (C=O) groups excluding carboxylic acids is 2. The monoisotopic (exact) mass is 333 g/mol. The predicted molar refractivity (Wildman–Crippen MR) is 87.6 cm³/mol. The molecule has 0 fully saturated rings. The average molecular weight is 333 g/mol. The number of carboxylic acid groups (broad SMARTS) is 1. The van der Waals surface area contributed by atoms with Crippen LogP contribution in [0.15, 0.2) is 24.3 Å². The molecule has 6 heteroatoms. The van der Waals surface area contributed by atoms with Crippen LogP contribution in [-0.2, 0) is 25.5 Å². The van der Waals surface area contributed by atoms with E-state index in [9.17, 15) is 14.4 Å². The number of amides is 1. The molecular weight excluding hydrogens is 310 g/mol. The molecule has 0 bridgehead atoms. The molecule has 0 spiro atoms. The van der Waals surface area contributed by atoms with Crippen molar-refractivity contribution in [1.82, 2.24) is 4.90 Å². The first kappa shape index (κ1) is 18.0. The minimum absolute atomic E-state index is 0.0940. The number of hydrogen-bond acceptors (Lipinski definition) is 4. The molecule has 1 aromatic carbocycles. The van der Waals surface area contributed by atoms with Crippen LogP contribution in [0.4, 0.5) is 0 Å². The van der Waals surface area contributed by atoms with Crippen molar-refractivity contribution in [2.75, 3.05) is 13.1 Å². The molecule has 0 saturated heterocycles. The molecule has 1 heterocycles. The number of hydrogen-bond donors (Lipinski definition) is 1. The third-order valence-corrected chi connectivity index (χ3v) is 3.81. The predicted octanol–water partition coefficient (Wildman–Crippen LogP) is 1.97. The number of carboxylic acids is 1. The fraction of sp³-hybridized carbons (Fsp3) is 0.500. The van der Waals surface area contributed by atoms with E-state index in [0.29, 0.717) is 13.0 Å². The quantitative estimate of drug-likeness (QED) is 0.852. The lowest BCUT2D eigenvalue weighted by Crippen LogP contribution is -2.39. The Hall–Kier alpha value is -2.37. The van der Waals surface area contributed by atoms with Crippen LogP contribution in [0.1, 0.15) is 44.2 Å². The summed E-state index contributed by atoms with van der Waals surface area (Å²) < 4.78 is 5.33. The Morgan fingerprint density at radius 1 is 1.29 bits per heavy atom. The molecule has 1 aliphatic rings. The van der Waals surface area contributed by atoms with Gasteiger partial charge in [0.15, 0.2) is 0 Å². The Morgan fingerprint density at radius 2 is 1.96 bits per heavy atom. The highest BCUT2D eigenvalue weighted by atomic mass is 16.6. The number of rotatable bonds is 4. The zero-order valence-electron chi connectivity index (χ0n) is 14.2. The normalized spacial score (nSPS) is 17.9. The van der Waals surface area contributed by atoms with Crippen LogP contribution >= 0.6 is 0 Å². The van der Waals surface area contributed by atoms with Gasteiger partial charge in [0.05, 0.1) is 12.3 Å². The Morgan fingerprint density at radius 3 is 2.58 bits per heavy atom. The van der Waals surface area contributed by atoms with Crippen molar-refractivity contribution < 1.29 is 24.2 Å². The summed E-state index contributed by atoms with van der Waals surface area (Å²) in [7, 11) is 0. The Bertz CT molecular complexity index is 647. The van der Waals surface area contributed by atoms with Gasteiger partial charge in [0.25, 0.3) is 0 Å². The molecule has 0 aromatic heterocycles. The maximum Gasteiger partial charge on any atom is 0.323 e.